The highest BCUT2D eigenvalue weighted by molar-refractivity contribution is 6.90. The van der Waals surface area contributed by atoms with E-state index in [1.165, 1.54) is 0 Å². The first-order chi connectivity index (χ1) is 10.2. The van der Waals surface area contributed by atoms with Crippen LogP contribution in [0.5, 0.6) is 5.75 Å². The topological polar surface area (TPSA) is 9.23 Å². The average molecular weight is 337 g/mol. The summed E-state index contributed by atoms with van der Waals surface area (Å²) in [5, 5.41) is 0.637. The van der Waals surface area contributed by atoms with E-state index in [4.69, 9.17) is 16.3 Å². The van der Waals surface area contributed by atoms with Gasteiger partial charge < -0.3 is 4.74 Å². The van der Waals surface area contributed by atoms with Crippen LogP contribution in [-0.2, 0) is 0 Å². The molecule has 0 aliphatic heterocycles. The molecule has 0 atom stereocenters. The zero-order chi connectivity index (χ0) is 17.1. The summed E-state index contributed by atoms with van der Waals surface area (Å²) in [5.41, 5.74) is 7.65. The first kappa shape index (κ1) is 19.1. The molecule has 0 aliphatic carbocycles. The molecular formula is C19H29ClOSi. The fraction of sp³-hybridized carbons (Fsp3) is 0.579. The Morgan fingerprint density at radius 2 is 1.50 bits per heavy atom. The van der Waals surface area contributed by atoms with Crippen molar-refractivity contribution in [3.8, 4) is 17.2 Å². The van der Waals surface area contributed by atoms with Gasteiger partial charge in [-0.1, -0.05) is 59.1 Å². The van der Waals surface area contributed by atoms with Crippen molar-refractivity contribution in [2.45, 2.75) is 65.1 Å². The van der Waals surface area contributed by atoms with Crippen LogP contribution in [0.3, 0.4) is 0 Å². The Hall–Kier alpha value is -0.913. The van der Waals surface area contributed by atoms with Crippen LogP contribution < -0.4 is 4.74 Å². The molecule has 1 aromatic rings. The Labute approximate surface area is 142 Å². The van der Waals surface area contributed by atoms with E-state index >= 15 is 0 Å². The van der Waals surface area contributed by atoms with Gasteiger partial charge in [-0.2, -0.15) is 0 Å². The summed E-state index contributed by atoms with van der Waals surface area (Å²) in [5.74, 6) is 4.18. The molecule has 1 nitrogen and oxygen atoms in total. The third-order valence-electron chi connectivity index (χ3n) is 4.72. The standard InChI is InChI=1S/C19H29ClOSi/c1-13(2)22(14(3)4,15(5)6)10-9-17-11-16(7)19(21-8)18(20)12-17/h11-15H,1-8H3. The van der Waals surface area contributed by atoms with Crippen LogP contribution in [0.2, 0.25) is 21.6 Å². The summed E-state index contributed by atoms with van der Waals surface area (Å²) in [6.07, 6.45) is 0. The molecule has 0 fully saturated rings. The van der Waals surface area contributed by atoms with E-state index in [1.807, 2.05) is 13.0 Å². The number of rotatable bonds is 4. The molecule has 1 rings (SSSR count). The molecule has 0 saturated carbocycles. The molecule has 0 heterocycles. The number of hydrogen-bond acceptors (Lipinski definition) is 1. The van der Waals surface area contributed by atoms with Gasteiger partial charge in [-0.15, -0.1) is 5.54 Å². The first-order valence-corrected chi connectivity index (χ1v) is 10.6. The quantitative estimate of drug-likeness (QED) is 0.468. The Bertz CT molecular complexity index is 534. The van der Waals surface area contributed by atoms with Gasteiger partial charge in [0, 0.05) is 5.56 Å². The largest absolute Gasteiger partial charge is 0.495 e. The average Bonchev–Trinajstić information content (AvgIpc) is 2.37. The molecule has 0 N–H and O–H groups in total. The molecule has 0 radical (unpaired) electrons. The van der Waals surface area contributed by atoms with Gasteiger partial charge in [-0.05, 0) is 41.2 Å². The zero-order valence-electron chi connectivity index (χ0n) is 15.2. The van der Waals surface area contributed by atoms with Gasteiger partial charge in [0.15, 0.2) is 0 Å². The SMILES string of the molecule is COc1c(C)cc(C#C[Si](C(C)C)(C(C)C)C(C)C)cc1Cl. The van der Waals surface area contributed by atoms with Crippen LogP contribution in [0.1, 0.15) is 52.7 Å². The van der Waals surface area contributed by atoms with Crippen molar-refractivity contribution in [2.75, 3.05) is 7.11 Å². The van der Waals surface area contributed by atoms with Crippen LogP contribution in [0, 0.1) is 18.4 Å². The van der Waals surface area contributed by atoms with E-state index in [2.05, 4.69) is 59.1 Å². The van der Waals surface area contributed by atoms with Crippen molar-refractivity contribution in [2.24, 2.45) is 0 Å². The predicted molar refractivity (Wildman–Crippen MR) is 101 cm³/mol. The van der Waals surface area contributed by atoms with Gasteiger partial charge in [-0.3, -0.25) is 0 Å². The van der Waals surface area contributed by atoms with E-state index in [0.29, 0.717) is 21.6 Å². The molecule has 22 heavy (non-hydrogen) atoms. The molecule has 0 bridgehead atoms. The molecule has 0 unspecified atom stereocenters. The maximum atomic E-state index is 6.29. The lowest BCUT2D eigenvalue weighted by Crippen LogP contribution is -2.43. The highest BCUT2D eigenvalue weighted by Crippen LogP contribution is 2.41. The van der Waals surface area contributed by atoms with Crippen molar-refractivity contribution in [3.05, 3.63) is 28.3 Å². The number of methoxy groups -OCH3 is 1. The summed E-state index contributed by atoms with van der Waals surface area (Å²) in [4.78, 5) is 0. The molecule has 0 saturated heterocycles. The first-order valence-electron chi connectivity index (χ1n) is 8.04. The number of hydrogen-bond donors (Lipinski definition) is 0. The number of benzene rings is 1. The van der Waals surface area contributed by atoms with E-state index < -0.39 is 8.07 Å². The van der Waals surface area contributed by atoms with Crippen molar-refractivity contribution in [3.63, 3.8) is 0 Å². The zero-order valence-corrected chi connectivity index (χ0v) is 16.9. The molecule has 1 aromatic carbocycles. The third kappa shape index (κ3) is 3.70. The molecule has 0 aliphatic rings. The fourth-order valence-electron chi connectivity index (χ4n) is 3.67. The second-order valence-corrected chi connectivity index (χ2v) is 12.9. The normalized spacial score (nSPS) is 11.8. The minimum absolute atomic E-state index is 0.634. The van der Waals surface area contributed by atoms with Crippen molar-refractivity contribution in [1.82, 2.24) is 0 Å². The van der Waals surface area contributed by atoms with Crippen LogP contribution in [-0.4, -0.2) is 15.2 Å². The van der Waals surface area contributed by atoms with Crippen LogP contribution in [0.25, 0.3) is 0 Å². The second kappa shape index (κ2) is 7.57. The van der Waals surface area contributed by atoms with Gasteiger partial charge in [0.2, 0.25) is 0 Å². The van der Waals surface area contributed by atoms with Crippen LogP contribution >= 0.6 is 11.6 Å². The van der Waals surface area contributed by atoms with Gasteiger partial charge >= 0.3 is 0 Å². The maximum absolute atomic E-state index is 6.29. The molecule has 122 valence electrons. The van der Waals surface area contributed by atoms with E-state index in [-0.39, 0.29) is 0 Å². The summed E-state index contributed by atoms with van der Waals surface area (Å²) in [6.45, 7) is 16.0. The lowest BCUT2D eigenvalue weighted by Gasteiger charge is -2.38. The summed E-state index contributed by atoms with van der Waals surface area (Å²) < 4.78 is 5.32. The van der Waals surface area contributed by atoms with Crippen molar-refractivity contribution < 1.29 is 4.74 Å². The highest BCUT2D eigenvalue weighted by atomic mass is 35.5. The summed E-state index contributed by atoms with van der Waals surface area (Å²) >= 11 is 6.29. The predicted octanol–water partition coefficient (Wildman–Crippen LogP) is 6.23. The van der Waals surface area contributed by atoms with E-state index in [9.17, 15) is 0 Å². The smallest absolute Gasteiger partial charge is 0.146 e. The minimum Gasteiger partial charge on any atom is -0.495 e. The molecule has 0 aromatic heterocycles. The number of ether oxygens (including phenoxy) is 1. The number of halogens is 1. The van der Waals surface area contributed by atoms with Gasteiger partial charge in [0.05, 0.1) is 12.1 Å². The molecule has 0 amide bonds. The Kier molecular flexibility index (Phi) is 6.59. The van der Waals surface area contributed by atoms with Crippen molar-refractivity contribution in [1.29, 1.82) is 0 Å². The minimum atomic E-state index is -1.70. The Balaban J connectivity index is 3.36. The lowest BCUT2D eigenvalue weighted by atomic mass is 10.1. The Morgan fingerprint density at radius 1 is 1.00 bits per heavy atom. The summed E-state index contributed by atoms with van der Waals surface area (Å²) in [7, 11) is -0.0559. The maximum Gasteiger partial charge on any atom is 0.146 e. The fourth-order valence-corrected chi connectivity index (χ4v) is 9.25. The van der Waals surface area contributed by atoms with Crippen LogP contribution in [0.4, 0.5) is 0 Å². The number of aryl methyl sites for hydroxylation is 1. The molecule has 3 heteroatoms. The molecule has 0 spiro atoms. The summed E-state index contributed by atoms with van der Waals surface area (Å²) in [6, 6.07) is 3.98. The van der Waals surface area contributed by atoms with Gasteiger partial charge in [0.1, 0.15) is 13.8 Å². The lowest BCUT2D eigenvalue weighted by molar-refractivity contribution is 0.412. The second-order valence-electron chi connectivity index (χ2n) is 6.96. The van der Waals surface area contributed by atoms with Crippen molar-refractivity contribution >= 4 is 19.7 Å². The van der Waals surface area contributed by atoms with Gasteiger partial charge in [0.25, 0.3) is 0 Å². The van der Waals surface area contributed by atoms with Crippen LogP contribution in [0.15, 0.2) is 12.1 Å². The van der Waals surface area contributed by atoms with Gasteiger partial charge in [-0.25, -0.2) is 0 Å². The monoisotopic (exact) mass is 336 g/mol. The molecular weight excluding hydrogens is 308 g/mol. The Morgan fingerprint density at radius 3 is 1.86 bits per heavy atom. The third-order valence-corrected chi connectivity index (χ3v) is 11.3. The highest BCUT2D eigenvalue weighted by Gasteiger charge is 2.41. The van der Waals surface area contributed by atoms with E-state index in [0.717, 1.165) is 16.9 Å². The van der Waals surface area contributed by atoms with E-state index in [1.54, 1.807) is 7.11 Å².